The summed E-state index contributed by atoms with van der Waals surface area (Å²) in [5.74, 6) is -0.0433. The van der Waals surface area contributed by atoms with Crippen molar-refractivity contribution in [3.05, 3.63) is 11.1 Å². The summed E-state index contributed by atoms with van der Waals surface area (Å²) in [7, 11) is 1.60. The van der Waals surface area contributed by atoms with Crippen LogP contribution < -0.4 is 0 Å². The van der Waals surface area contributed by atoms with Gasteiger partial charge in [0, 0.05) is 31.2 Å². The highest BCUT2D eigenvalue weighted by atomic mass is 17.2. The second kappa shape index (κ2) is 7.22. The monoisotopic (exact) mass is 393 g/mol. The topological polar surface area (TPSA) is 65.1 Å². The lowest BCUT2D eigenvalue weighted by molar-refractivity contribution is -0.478. The SMILES string of the molecule is COC(C)(CCCN1C(=O)C(C)=C(C)C1=O)OOC1(C)CCC2CC1C2(C)C. The minimum atomic E-state index is -0.920. The van der Waals surface area contributed by atoms with E-state index in [1.165, 1.54) is 11.3 Å². The molecule has 0 radical (unpaired) electrons. The van der Waals surface area contributed by atoms with Gasteiger partial charge in [0.15, 0.2) is 5.79 Å². The summed E-state index contributed by atoms with van der Waals surface area (Å²) in [5, 5.41) is 0. The quantitative estimate of drug-likeness (QED) is 0.270. The zero-order valence-electron chi connectivity index (χ0n) is 18.4. The Kier molecular flexibility index (Phi) is 5.54. The molecule has 2 amide bonds. The van der Waals surface area contributed by atoms with Crippen LogP contribution in [0.3, 0.4) is 0 Å². The summed E-state index contributed by atoms with van der Waals surface area (Å²) in [5.41, 5.74) is 1.05. The number of amides is 2. The number of ether oxygens (including phenoxy) is 1. The maximum absolute atomic E-state index is 12.2. The van der Waals surface area contributed by atoms with Crippen LogP contribution in [0.4, 0.5) is 0 Å². The molecule has 4 aliphatic rings. The third-order valence-corrected chi connectivity index (χ3v) is 7.74. The molecule has 3 aliphatic carbocycles. The highest BCUT2D eigenvalue weighted by molar-refractivity contribution is 6.18. The van der Waals surface area contributed by atoms with Gasteiger partial charge in [-0.15, -0.1) is 0 Å². The molecule has 6 heteroatoms. The first kappa shape index (κ1) is 21.5. The number of imide groups is 1. The number of rotatable bonds is 8. The lowest BCUT2D eigenvalue weighted by Gasteiger charge is -2.63. The predicted octanol–water partition coefficient (Wildman–Crippen LogP) is 4.00. The van der Waals surface area contributed by atoms with E-state index in [0.717, 1.165) is 18.8 Å². The van der Waals surface area contributed by atoms with Gasteiger partial charge in [0.25, 0.3) is 11.8 Å². The van der Waals surface area contributed by atoms with Crippen molar-refractivity contribution in [3.63, 3.8) is 0 Å². The van der Waals surface area contributed by atoms with Crippen LogP contribution in [0.1, 0.15) is 73.6 Å². The minimum Gasteiger partial charge on any atom is -0.351 e. The highest BCUT2D eigenvalue weighted by Crippen LogP contribution is 2.63. The molecule has 0 aromatic rings. The Labute approximate surface area is 168 Å². The van der Waals surface area contributed by atoms with Gasteiger partial charge < -0.3 is 4.74 Å². The molecule has 0 spiro atoms. The van der Waals surface area contributed by atoms with Crippen molar-refractivity contribution in [2.24, 2.45) is 17.3 Å². The Morgan fingerprint density at radius 3 is 2.25 bits per heavy atom. The van der Waals surface area contributed by atoms with E-state index in [1.807, 2.05) is 6.92 Å². The molecule has 0 aromatic carbocycles. The number of hydrogen-bond acceptors (Lipinski definition) is 5. The third-order valence-electron chi connectivity index (χ3n) is 7.74. The molecular weight excluding hydrogens is 358 g/mol. The molecule has 0 aromatic heterocycles. The number of methoxy groups -OCH3 is 1. The molecule has 1 heterocycles. The summed E-state index contributed by atoms with van der Waals surface area (Å²) in [6.45, 7) is 12.4. The van der Waals surface area contributed by atoms with E-state index < -0.39 is 5.79 Å². The molecule has 3 fully saturated rings. The fraction of sp³-hybridized carbons (Fsp3) is 0.818. The van der Waals surface area contributed by atoms with E-state index in [0.29, 0.717) is 41.9 Å². The number of fused-ring (bicyclic) bond motifs is 2. The maximum atomic E-state index is 12.2. The molecule has 158 valence electrons. The number of carbonyl (C=O) groups is 2. The fourth-order valence-electron chi connectivity index (χ4n) is 5.22. The van der Waals surface area contributed by atoms with Gasteiger partial charge in [0.2, 0.25) is 0 Å². The molecule has 4 rings (SSSR count). The average Bonchev–Trinajstić information content (AvgIpc) is 2.84. The average molecular weight is 394 g/mol. The summed E-state index contributed by atoms with van der Waals surface area (Å²) in [4.78, 5) is 37.6. The van der Waals surface area contributed by atoms with Crippen molar-refractivity contribution in [2.75, 3.05) is 13.7 Å². The molecule has 3 saturated carbocycles. The summed E-state index contributed by atoms with van der Waals surface area (Å²) in [6.07, 6.45) is 4.46. The number of carbonyl (C=O) groups excluding carboxylic acids is 2. The van der Waals surface area contributed by atoms with Gasteiger partial charge >= 0.3 is 0 Å². The molecule has 1 aliphatic heterocycles. The van der Waals surface area contributed by atoms with Crippen molar-refractivity contribution >= 4 is 11.8 Å². The second-order valence-corrected chi connectivity index (χ2v) is 9.78. The summed E-state index contributed by atoms with van der Waals surface area (Å²) < 4.78 is 5.59. The van der Waals surface area contributed by atoms with Crippen molar-refractivity contribution in [2.45, 2.75) is 85.0 Å². The van der Waals surface area contributed by atoms with Crippen LogP contribution in [0.2, 0.25) is 0 Å². The lowest BCUT2D eigenvalue weighted by Crippen LogP contribution is -2.61. The van der Waals surface area contributed by atoms with E-state index >= 15 is 0 Å². The third kappa shape index (κ3) is 3.44. The Bertz CT molecular complexity index is 673. The second-order valence-electron chi connectivity index (χ2n) is 9.78. The molecule has 0 saturated heterocycles. The Morgan fingerprint density at radius 1 is 1.14 bits per heavy atom. The standard InChI is InChI=1S/C22H35NO5/c1-14-15(2)19(25)23(18(14)24)12-8-10-22(6,26-7)28-27-21(5)11-9-16-13-17(21)20(16,3)4/h16-17H,8-13H2,1-7H3. The van der Waals surface area contributed by atoms with Gasteiger partial charge in [-0.05, 0) is 70.6 Å². The summed E-state index contributed by atoms with van der Waals surface area (Å²) >= 11 is 0. The van der Waals surface area contributed by atoms with E-state index in [4.69, 9.17) is 14.5 Å². The van der Waals surface area contributed by atoms with Gasteiger partial charge in [-0.1, -0.05) is 13.8 Å². The first-order valence-electron chi connectivity index (χ1n) is 10.4. The van der Waals surface area contributed by atoms with E-state index in [-0.39, 0.29) is 17.4 Å². The van der Waals surface area contributed by atoms with Crippen LogP contribution >= 0.6 is 0 Å². The van der Waals surface area contributed by atoms with Crippen LogP contribution in [0, 0.1) is 17.3 Å². The zero-order chi connectivity index (χ0) is 20.9. The molecule has 4 atom stereocenters. The largest absolute Gasteiger partial charge is 0.351 e. The Balaban J connectivity index is 1.53. The normalized spacial score (nSPS) is 33.9. The fourth-order valence-corrected chi connectivity index (χ4v) is 5.22. The molecule has 2 bridgehead atoms. The molecule has 28 heavy (non-hydrogen) atoms. The zero-order valence-corrected chi connectivity index (χ0v) is 18.4. The maximum Gasteiger partial charge on any atom is 0.256 e. The van der Waals surface area contributed by atoms with Crippen LogP contribution in [0.25, 0.3) is 0 Å². The van der Waals surface area contributed by atoms with Crippen molar-refractivity contribution in [1.82, 2.24) is 4.90 Å². The smallest absolute Gasteiger partial charge is 0.256 e. The molecule has 4 unspecified atom stereocenters. The number of hydrogen-bond donors (Lipinski definition) is 0. The van der Waals surface area contributed by atoms with E-state index in [9.17, 15) is 9.59 Å². The van der Waals surface area contributed by atoms with Crippen LogP contribution in [0.5, 0.6) is 0 Å². The Morgan fingerprint density at radius 2 is 1.75 bits per heavy atom. The van der Waals surface area contributed by atoms with Crippen molar-refractivity contribution in [3.8, 4) is 0 Å². The summed E-state index contributed by atoms with van der Waals surface area (Å²) in [6, 6.07) is 0. The van der Waals surface area contributed by atoms with Gasteiger partial charge in [-0.2, -0.15) is 0 Å². The predicted molar refractivity (Wildman–Crippen MR) is 105 cm³/mol. The van der Waals surface area contributed by atoms with Gasteiger partial charge in [0.05, 0.1) is 0 Å². The van der Waals surface area contributed by atoms with Crippen molar-refractivity contribution < 1.29 is 24.1 Å². The van der Waals surface area contributed by atoms with Crippen LogP contribution in [-0.4, -0.2) is 41.8 Å². The van der Waals surface area contributed by atoms with E-state index in [2.05, 4.69) is 20.8 Å². The molecule has 6 nitrogen and oxygen atoms in total. The van der Waals surface area contributed by atoms with Gasteiger partial charge in [-0.3, -0.25) is 14.5 Å². The molecular formula is C22H35NO5. The number of nitrogens with zero attached hydrogens (tertiary/aromatic N) is 1. The van der Waals surface area contributed by atoms with E-state index in [1.54, 1.807) is 21.0 Å². The highest BCUT2D eigenvalue weighted by Gasteiger charge is 2.61. The minimum absolute atomic E-state index is 0.199. The van der Waals surface area contributed by atoms with Crippen LogP contribution in [0.15, 0.2) is 11.1 Å². The van der Waals surface area contributed by atoms with Crippen molar-refractivity contribution in [1.29, 1.82) is 0 Å². The first-order valence-corrected chi connectivity index (χ1v) is 10.4. The lowest BCUT2D eigenvalue weighted by atomic mass is 9.44. The molecule has 0 N–H and O–H groups in total. The first-order chi connectivity index (χ1) is 12.9. The van der Waals surface area contributed by atoms with Gasteiger partial charge in [0.1, 0.15) is 5.60 Å². The Hall–Kier alpha value is -1.24. The van der Waals surface area contributed by atoms with Crippen LogP contribution in [-0.2, 0) is 24.1 Å². The van der Waals surface area contributed by atoms with Gasteiger partial charge in [-0.25, -0.2) is 9.78 Å².